The third kappa shape index (κ3) is 10.6. The first kappa shape index (κ1) is 37.2. The largest absolute Gasteiger partial charge is 0.370 e. The molecular formula is C32H50N8O7. The lowest BCUT2D eigenvalue weighted by Crippen LogP contribution is -2.69. The van der Waals surface area contributed by atoms with Crippen LogP contribution in [0.2, 0.25) is 0 Å². The number of aliphatic hydroxyl groups excluding tert-OH is 1. The van der Waals surface area contributed by atoms with Crippen molar-refractivity contribution in [2.45, 2.75) is 95.7 Å². The third-order valence-electron chi connectivity index (χ3n) is 8.83. The van der Waals surface area contributed by atoms with E-state index >= 15 is 0 Å². The van der Waals surface area contributed by atoms with E-state index in [-0.39, 0.29) is 43.1 Å². The number of aliphatic hydroxyl groups is 2. The molecule has 2 aliphatic rings. The van der Waals surface area contributed by atoms with Crippen LogP contribution in [-0.4, -0.2) is 88.8 Å². The van der Waals surface area contributed by atoms with Gasteiger partial charge in [0.15, 0.2) is 12.2 Å². The van der Waals surface area contributed by atoms with E-state index in [0.717, 1.165) is 12.0 Å². The minimum atomic E-state index is -1.96. The minimum Gasteiger partial charge on any atom is -0.370 e. The summed E-state index contributed by atoms with van der Waals surface area (Å²) in [5.41, 5.74) is 10.2. The highest BCUT2D eigenvalue weighted by Crippen LogP contribution is 2.41. The number of carbonyl (C=O) groups is 5. The van der Waals surface area contributed by atoms with Gasteiger partial charge in [-0.15, -0.1) is 0 Å². The van der Waals surface area contributed by atoms with Crippen molar-refractivity contribution in [3.63, 3.8) is 0 Å². The number of hydrogen-bond acceptors (Lipinski definition) is 8. The molecule has 1 aromatic carbocycles. The van der Waals surface area contributed by atoms with Crippen LogP contribution in [0.1, 0.15) is 64.9 Å². The number of rotatable bonds is 9. The molecule has 1 saturated heterocycles. The van der Waals surface area contributed by atoms with Crippen LogP contribution in [0.15, 0.2) is 35.3 Å². The Labute approximate surface area is 275 Å². The molecule has 6 atom stereocenters. The molecule has 47 heavy (non-hydrogen) atoms. The van der Waals surface area contributed by atoms with Crippen molar-refractivity contribution in [1.82, 2.24) is 26.6 Å². The molecule has 1 heterocycles. The van der Waals surface area contributed by atoms with Gasteiger partial charge in [0.2, 0.25) is 29.5 Å². The fourth-order valence-corrected chi connectivity index (χ4v) is 6.55. The Morgan fingerprint density at radius 1 is 0.936 bits per heavy atom. The average molecular weight is 659 g/mol. The topological polar surface area (TPSA) is 250 Å². The fourth-order valence-electron chi connectivity index (χ4n) is 6.55. The molecule has 1 aliphatic carbocycles. The highest BCUT2D eigenvalue weighted by molar-refractivity contribution is 5.99. The second kappa shape index (κ2) is 17.1. The van der Waals surface area contributed by atoms with E-state index in [2.05, 4.69) is 31.6 Å². The first-order valence-electron chi connectivity index (χ1n) is 16.2. The smallest absolute Gasteiger partial charge is 0.246 e. The highest BCUT2D eigenvalue weighted by Gasteiger charge is 2.52. The van der Waals surface area contributed by atoms with Gasteiger partial charge >= 0.3 is 0 Å². The van der Waals surface area contributed by atoms with Crippen LogP contribution in [0.5, 0.6) is 0 Å². The number of benzene rings is 1. The van der Waals surface area contributed by atoms with E-state index in [9.17, 15) is 34.2 Å². The fraction of sp³-hybridized carbons (Fsp3) is 0.625. The summed E-state index contributed by atoms with van der Waals surface area (Å²) in [5, 5.41) is 32.9. The predicted octanol–water partition coefficient (Wildman–Crippen LogP) is -1.49. The molecule has 1 unspecified atom stereocenters. The normalized spacial score (nSPS) is 28.0. The van der Waals surface area contributed by atoms with Crippen molar-refractivity contribution in [3.8, 4) is 0 Å². The SMILES string of the molecule is CC(C)[C@H]1CC[C@H](C)CC12NC(=O)[C@@H](Cc1ccccc1)NC(=O)[C@H](CC(O)O)NC(=O)CNC(=O)[C@H](CCCN=C(N)N)NC2=O. The van der Waals surface area contributed by atoms with Gasteiger partial charge < -0.3 is 48.3 Å². The summed E-state index contributed by atoms with van der Waals surface area (Å²) in [6.45, 7) is 5.57. The predicted molar refractivity (Wildman–Crippen MR) is 174 cm³/mol. The van der Waals surface area contributed by atoms with Crippen LogP contribution in [0.4, 0.5) is 0 Å². The van der Waals surface area contributed by atoms with Gasteiger partial charge in [0.25, 0.3) is 0 Å². The summed E-state index contributed by atoms with van der Waals surface area (Å²) >= 11 is 0. The van der Waals surface area contributed by atoms with Crippen LogP contribution in [-0.2, 0) is 30.4 Å². The molecule has 1 aromatic rings. The Kier molecular flexibility index (Phi) is 13.5. The molecule has 2 fully saturated rings. The summed E-state index contributed by atoms with van der Waals surface area (Å²) in [6.07, 6.45) is -0.278. The number of nitrogens with one attached hydrogen (secondary N) is 5. The average Bonchev–Trinajstić information content (AvgIpc) is 3.00. The number of hydrogen-bond donors (Lipinski definition) is 9. The Morgan fingerprint density at radius 2 is 1.64 bits per heavy atom. The van der Waals surface area contributed by atoms with Gasteiger partial charge in [0.05, 0.1) is 6.54 Å². The lowest BCUT2D eigenvalue weighted by atomic mass is 9.64. The van der Waals surface area contributed by atoms with Gasteiger partial charge in [0.1, 0.15) is 23.7 Å². The zero-order valence-corrected chi connectivity index (χ0v) is 27.3. The molecule has 0 bridgehead atoms. The zero-order chi connectivity index (χ0) is 34.7. The van der Waals surface area contributed by atoms with Crippen LogP contribution >= 0.6 is 0 Å². The zero-order valence-electron chi connectivity index (χ0n) is 27.3. The molecule has 11 N–H and O–H groups in total. The summed E-state index contributed by atoms with van der Waals surface area (Å²) in [6, 6.07) is 5.21. The maximum absolute atomic E-state index is 14.5. The maximum Gasteiger partial charge on any atom is 0.246 e. The van der Waals surface area contributed by atoms with Gasteiger partial charge in [-0.25, -0.2) is 0 Å². The Morgan fingerprint density at radius 3 is 2.28 bits per heavy atom. The lowest BCUT2D eigenvalue weighted by molar-refractivity contribution is -0.143. The Hall–Kier alpha value is -4.24. The quantitative estimate of drug-likeness (QED) is 0.0648. The van der Waals surface area contributed by atoms with E-state index in [0.29, 0.717) is 19.3 Å². The van der Waals surface area contributed by atoms with Crippen LogP contribution in [0.3, 0.4) is 0 Å². The molecule has 260 valence electrons. The molecule has 1 aliphatic heterocycles. The van der Waals surface area contributed by atoms with Crippen molar-refractivity contribution >= 4 is 35.5 Å². The molecule has 15 nitrogen and oxygen atoms in total. The second-order valence-electron chi connectivity index (χ2n) is 13.0. The van der Waals surface area contributed by atoms with Crippen LogP contribution in [0.25, 0.3) is 0 Å². The maximum atomic E-state index is 14.5. The summed E-state index contributed by atoms with van der Waals surface area (Å²) < 4.78 is 0. The minimum absolute atomic E-state index is 0.0378. The van der Waals surface area contributed by atoms with E-state index in [1.807, 2.05) is 26.8 Å². The van der Waals surface area contributed by atoms with Crippen molar-refractivity contribution in [3.05, 3.63) is 35.9 Å². The first-order chi connectivity index (χ1) is 22.2. The molecular weight excluding hydrogens is 608 g/mol. The first-order valence-corrected chi connectivity index (χ1v) is 16.2. The van der Waals surface area contributed by atoms with Crippen molar-refractivity contribution in [2.24, 2.45) is 34.2 Å². The number of aliphatic imine (C=N–C) groups is 1. The van der Waals surface area contributed by atoms with Crippen LogP contribution in [0, 0.1) is 17.8 Å². The van der Waals surface area contributed by atoms with E-state index in [4.69, 9.17) is 11.5 Å². The highest BCUT2D eigenvalue weighted by atomic mass is 16.5. The van der Waals surface area contributed by atoms with E-state index in [1.165, 1.54) is 0 Å². The number of amides is 5. The number of carbonyl (C=O) groups excluding carboxylic acids is 5. The molecule has 1 saturated carbocycles. The number of nitrogens with zero attached hydrogens (tertiary/aromatic N) is 1. The molecule has 0 radical (unpaired) electrons. The van der Waals surface area contributed by atoms with Gasteiger partial charge in [-0.1, -0.05) is 57.5 Å². The number of nitrogens with two attached hydrogens (primary N) is 2. The molecule has 0 aromatic heterocycles. The molecule has 1 spiro atoms. The van der Waals surface area contributed by atoms with Crippen molar-refractivity contribution in [2.75, 3.05) is 13.1 Å². The molecule has 5 amide bonds. The summed E-state index contributed by atoms with van der Waals surface area (Å²) in [5.74, 6) is -3.87. The Balaban J connectivity index is 2.11. The second-order valence-corrected chi connectivity index (χ2v) is 13.0. The molecule has 3 rings (SSSR count). The number of guanidine groups is 1. The van der Waals surface area contributed by atoms with Crippen LogP contribution < -0.4 is 38.1 Å². The van der Waals surface area contributed by atoms with E-state index in [1.54, 1.807) is 24.3 Å². The van der Waals surface area contributed by atoms with Gasteiger partial charge in [-0.3, -0.25) is 29.0 Å². The van der Waals surface area contributed by atoms with E-state index < -0.39 is 72.5 Å². The van der Waals surface area contributed by atoms with Crippen molar-refractivity contribution < 1.29 is 34.2 Å². The third-order valence-corrected chi connectivity index (χ3v) is 8.83. The summed E-state index contributed by atoms with van der Waals surface area (Å²) in [4.78, 5) is 72.6. The van der Waals surface area contributed by atoms with Crippen molar-refractivity contribution in [1.29, 1.82) is 0 Å². The van der Waals surface area contributed by atoms with Gasteiger partial charge in [-0.2, -0.15) is 0 Å². The van der Waals surface area contributed by atoms with Gasteiger partial charge in [0, 0.05) is 19.4 Å². The summed E-state index contributed by atoms with van der Waals surface area (Å²) in [7, 11) is 0. The molecule has 15 heteroatoms. The standard InChI is InChI=1S/C32H50N8O7/c1-18(2)21-12-11-19(3)16-32(21)30(47)39-22(10-7-13-35-31(33)34)27(44)36-17-25(41)37-24(15-26(42)43)28(45)38-23(29(46)40-32)14-20-8-5-4-6-9-20/h4-6,8-9,18-19,21-24,26,42-43H,7,10-17H2,1-3H3,(H,36,44)(H,37,41)(H,38,45)(H,39,47)(H,40,46)(H4,33,34,35)/t19-,21+,22-,23+,24-,32?/m0/s1. The lowest BCUT2D eigenvalue weighted by Gasteiger charge is -2.48. The Bertz CT molecular complexity index is 1290. The monoisotopic (exact) mass is 658 g/mol. The van der Waals surface area contributed by atoms with Gasteiger partial charge in [-0.05, 0) is 49.0 Å².